The maximum Gasteiger partial charge on any atom is 0.410 e. The molecule has 0 radical (unpaired) electrons. The molecule has 14 heteroatoms. The number of rotatable bonds is 4. The summed E-state index contributed by atoms with van der Waals surface area (Å²) in [7, 11) is -1.53. The highest BCUT2D eigenvalue weighted by atomic mass is 32.2. The van der Waals surface area contributed by atoms with Crippen LogP contribution in [0.2, 0.25) is 0 Å². The third kappa shape index (κ3) is 6.55. The van der Waals surface area contributed by atoms with Crippen molar-refractivity contribution in [3.63, 3.8) is 0 Å². The van der Waals surface area contributed by atoms with E-state index < -0.39 is 63.7 Å². The molecule has 5 rings (SSSR count). The maximum absolute atomic E-state index is 13.8. The highest BCUT2D eigenvalue weighted by Gasteiger charge is 2.61. The number of benzene rings is 1. The summed E-state index contributed by atoms with van der Waals surface area (Å²) >= 11 is 0. The number of carbonyl (C=O) groups is 4. The van der Waals surface area contributed by atoms with E-state index in [9.17, 15) is 27.6 Å². The van der Waals surface area contributed by atoms with E-state index in [4.69, 9.17) is 10.5 Å². The number of allylic oxidation sites excluding steroid dienone is 1. The number of nitrogens with one attached hydrogen (secondary N) is 2. The molecule has 3 aliphatic heterocycles. The van der Waals surface area contributed by atoms with Gasteiger partial charge >= 0.3 is 16.3 Å². The second kappa shape index (κ2) is 12.2. The van der Waals surface area contributed by atoms with Gasteiger partial charge in [0.25, 0.3) is 5.91 Å². The number of hydrogen-bond donors (Lipinski definition) is 3. The SMILES string of the molecule is CN(C)S(=O)(=O)NC(=O)[C@@]12C[C@H]1/C=C\CCCCC[C@H](N)C(=O)N1C[C@H](OC(=O)N3Cc4ccccc4C3)C[C@H]1C(=O)N2. The summed E-state index contributed by atoms with van der Waals surface area (Å²) < 4.78 is 33.6. The van der Waals surface area contributed by atoms with Crippen molar-refractivity contribution < 1.29 is 32.3 Å². The molecule has 13 nitrogen and oxygen atoms in total. The van der Waals surface area contributed by atoms with E-state index in [1.165, 1.54) is 19.0 Å². The lowest BCUT2D eigenvalue weighted by molar-refractivity contribution is -0.140. The zero-order chi connectivity index (χ0) is 30.9. The fourth-order valence-electron chi connectivity index (χ4n) is 6.04. The highest BCUT2D eigenvalue weighted by molar-refractivity contribution is 7.87. The molecule has 1 aromatic rings. The first-order valence-electron chi connectivity index (χ1n) is 14.7. The standard InChI is InChI=1S/C29H40N6O7S/c1-33(2)43(40,41)32-27(38)29-15-21(29)12-6-4-3-5-7-13-23(30)26(37)35-18-22(14-24(35)25(36)31-29)42-28(39)34-16-19-10-8-9-11-20(19)17-34/h6,8-12,21-24H,3-5,7,13-18,30H2,1-2H3,(H,31,36)(H,32,38)/b12-6-/t21-,22-,23+,24+,29-/m1/s1. The van der Waals surface area contributed by atoms with Crippen LogP contribution in [0.25, 0.3) is 0 Å². The Balaban J connectivity index is 1.35. The molecular formula is C29H40N6O7S. The van der Waals surface area contributed by atoms with Crippen molar-refractivity contribution in [1.29, 1.82) is 0 Å². The van der Waals surface area contributed by atoms with E-state index in [0.29, 0.717) is 19.5 Å². The Bertz CT molecular complexity index is 1390. The zero-order valence-corrected chi connectivity index (χ0v) is 25.3. The average Bonchev–Trinajstić information content (AvgIpc) is 3.28. The number of nitrogens with two attached hydrogens (primary N) is 1. The number of ether oxygens (including phenoxy) is 1. The normalized spacial score (nSPS) is 30.3. The number of carbonyl (C=O) groups excluding carboxylic acids is 4. The lowest BCUT2D eigenvalue weighted by atomic mass is 10.1. The van der Waals surface area contributed by atoms with Crippen LogP contribution in [-0.2, 0) is 42.4 Å². The minimum atomic E-state index is -4.11. The molecule has 0 bridgehead atoms. The van der Waals surface area contributed by atoms with Crippen LogP contribution in [0.1, 0.15) is 56.1 Å². The van der Waals surface area contributed by atoms with Gasteiger partial charge in [0.2, 0.25) is 11.8 Å². The van der Waals surface area contributed by atoms with Crippen molar-refractivity contribution in [3.05, 3.63) is 47.5 Å². The molecule has 3 heterocycles. The molecule has 5 atom stereocenters. The van der Waals surface area contributed by atoms with Gasteiger partial charge < -0.3 is 20.7 Å². The van der Waals surface area contributed by atoms with Gasteiger partial charge in [-0.3, -0.25) is 19.3 Å². The smallest absolute Gasteiger partial charge is 0.410 e. The maximum atomic E-state index is 13.8. The number of nitrogens with zero attached hydrogens (tertiary/aromatic N) is 3. The fourth-order valence-corrected chi connectivity index (χ4v) is 6.64. The molecule has 0 unspecified atom stereocenters. The Hall–Kier alpha value is -3.49. The lowest BCUT2D eigenvalue weighted by Gasteiger charge is -2.28. The molecule has 2 fully saturated rings. The number of amides is 4. The topological polar surface area (TPSA) is 171 Å². The quantitative estimate of drug-likeness (QED) is 0.416. The molecule has 1 saturated heterocycles. The minimum Gasteiger partial charge on any atom is -0.444 e. The van der Waals surface area contributed by atoms with Gasteiger partial charge in [-0.25, -0.2) is 9.52 Å². The van der Waals surface area contributed by atoms with Crippen LogP contribution in [0, 0.1) is 5.92 Å². The number of fused-ring (bicyclic) bond motifs is 3. The van der Waals surface area contributed by atoms with Gasteiger partial charge in [-0.2, -0.15) is 12.7 Å². The molecule has 4 N–H and O–H groups in total. The van der Waals surface area contributed by atoms with Crippen LogP contribution in [-0.4, -0.2) is 90.7 Å². The predicted octanol–water partition coefficient (Wildman–Crippen LogP) is 0.753. The van der Waals surface area contributed by atoms with E-state index in [-0.39, 0.29) is 19.4 Å². The second-order valence-corrected chi connectivity index (χ2v) is 13.9. The predicted molar refractivity (Wildman–Crippen MR) is 156 cm³/mol. The zero-order valence-electron chi connectivity index (χ0n) is 24.5. The Kier molecular flexibility index (Phi) is 8.82. The van der Waals surface area contributed by atoms with Crippen LogP contribution in [0.4, 0.5) is 4.79 Å². The van der Waals surface area contributed by atoms with Gasteiger partial charge in [0.05, 0.1) is 12.6 Å². The largest absolute Gasteiger partial charge is 0.444 e. The fraction of sp³-hybridized carbons (Fsp3) is 0.586. The second-order valence-electron chi connectivity index (χ2n) is 12.0. The molecular weight excluding hydrogens is 576 g/mol. The summed E-state index contributed by atoms with van der Waals surface area (Å²) in [6.07, 6.45) is 6.31. The first kappa shape index (κ1) is 31.0. The summed E-state index contributed by atoms with van der Waals surface area (Å²) in [4.78, 5) is 56.7. The average molecular weight is 617 g/mol. The van der Waals surface area contributed by atoms with E-state index >= 15 is 0 Å². The van der Waals surface area contributed by atoms with Gasteiger partial charge in [-0.05, 0) is 36.8 Å². The van der Waals surface area contributed by atoms with Crippen molar-refractivity contribution in [3.8, 4) is 0 Å². The van der Waals surface area contributed by atoms with Crippen LogP contribution < -0.4 is 15.8 Å². The molecule has 0 spiro atoms. The number of hydrogen-bond acceptors (Lipinski definition) is 8. The minimum absolute atomic E-state index is 0.0189. The third-order valence-electron chi connectivity index (χ3n) is 8.75. The Morgan fingerprint density at radius 2 is 1.81 bits per heavy atom. The van der Waals surface area contributed by atoms with Crippen LogP contribution in [0.5, 0.6) is 0 Å². The van der Waals surface area contributed by atoms with Gasteiger partial charge in [-0.1, -0.05) is 49.3 Å². The molecule has 1 saturated carbocycles. The van der Waals surface area contributed by atoms with Crippen molar-refractivity contribution >= 4 is 34.0 Å². The van der Waals surface area contributed by atoms with Crippen LogP contribution in [0.15, 0.2) is 36.4 Å². The summed E-state index contributed by atoms with van der Waals surface area (Å²) in [6, 6.07) is 5.83. The van der Waals surface area contributed by atoms with Crippen molar-refractivity contribution in [2.75, 3.05) is 20.6 Å². The third-order valence-corrected chi connectivity index (χ3v) is 10.2. The van der Waals surface area contributed by atoms with E-state index in [1.54, 1.807) is 4.90 Å². The molecule has 4 amide bonds. The molecule has 234 valence electrons. The first-order chi connectivity index (χ1) is 20.4. The van der Waals surface area contributed by atoms with Crippen molar-refractivity contribution in [1.82, 2.24) is 24.1 Å². The summed E-state index contributed by atoms with van der Waals surface area (Å²) in [5.41, 5.74) is 6.85. The van der Waals surface area contributed by atoms with Crippen molar-refractivity contribution in [2.45, 2.75) is 81.8 Å². The molecule has 1 aliphatic carbocycles. The molecule has 4 aliphatic rings. The lowest BCUT2D eigenvalue weighted by Crippen LogP contribution is -2.58. The Morgan fingerprint density at radius 3 is 2.49 bits per heavy atom. The van der Waals surface area contributed by atoms with Gasteiger partial charge in [0.1, 0.15) is 17.7 Å². The van der Waals surface area contributed by atoms with E-state index in [0.717, 1.165) is 41.1 Å². The Labute approximate surface area is 251 Å². The van der Waals surface area contributed by atoms with Gasteiger partial charge in [0, 0.05) is 39.5 Å². The highest BCUT2D eigenvalue weighted by Crippen LogP contribution is 2.45. The van der Waals surface area contributed by atoms with Crippen molar-refractivity contribution in [2.24, 2.45) is 11.7 Å². The molecule has 43 heavy (non-hydrogen) atoms. The van der Waals surface area contributed by atoms with Gasteiger partial charge in [0.15, 0.2) is 0 Å². The first-order valence-corrected chi connectivity index (χ1v) is 16.2. The van der Waals surface area contributed by atoms with Gasteiger partial charge in [-0.15, -0.1) is 0 Å². The monoisotopic (exact) mass is 616 g/mol. The van der Waals surface area contributed by atoms with E-state index in [1.807, 2.05) is 36.4 Å². The summed E-state index contributed by atoms with van der Waals surface area (Å²) in [5.74, 6) is -2.33. The Morgan fingerprint density at radius 1 is 1.12 bits per heavy atom. The van der Waals surface area contributed by atoms with E-state index in [2.05, 4.69) is 10.0 Å². The summed E-state index contributed by atoms with van der Waals surface area (Å²) in [6.45, 7) is 0.789. The molecule has 1 aromatic carbocycles. The summed E-state index contributed by atoms with van der Waals surface area (Å²) in [5, 5.41) is 2.78. The van der Waals surface area contributed by atoms with Crippen LogP contribution in [0.3, 0.4) is 0 Å². The molecule has 0 aromatic heterocycles. The van der Waals surface area contributed by atoms with Crippen LogP contribution >= 0.6 is 0 Å².